The SMILES string of the molecule is CCCCCCCCCCCCCCCCCCC(C)CS(=O)O. The highest BCUT2D eigenvalue weighted by Gasteiger charge is 2.05. The molecule has 0 aromatic carbocycles. The van der Waals surface area contributed by atoms with Gasteiger partial charge in [-0.2, -0.15) is 0 Å². The van der Waals surface area contributed by atoms with E-state index in [1.165, 1.54) is 103 Å². The van der Waals surface area contributed by atoms with E-state index in [1.807, 2.05) is 0 Å². The van der Waals surface area contributed by atoms with Gasteiger partial charge in [0.15, 0.2) is 11.1 Å². The van der Waals surface area contributed by atoms with Crippen LogP contribution in [0.4, 0.5) is 0 Å². The van der Waals surface area contributed by atoms with Crippen molar-refractivity contribution in [2.24, 2.45) is 5.92 Å². The molecular weight excluding hydrogens is 316 g/mol. The number of hydrogen-bond donors (Lipinski definition) is 1. The van der Waals surface area contributed by atoms with Crippen LogP contribution in [0.3, 0.4) is 0 Å². The first kappa shape index (κ1) is 24.1. The van der Waals surface area contributed by atoms with Gasteiger partial charge in [-0.1, -0.05) is 117 Å². The molecule has 0 amide bonds. The molecule has 0 bridgehead atoms. The summed E-state index contributed by atoms with van der Waals surface area (Å²) < 4.78 is 19.5. The molecule has 2 unspecified atom stereocenters. The van der Waals surface area contributed by atoms with Gasteiger partial charge in [0.05, 0.1) is 5.75 Å². The minimum Gasteiger partial charge on any atom is -0.306 e. The Balaban J connectivity index is 3.06. The average Bonchev–Trinajstić information content (AvgIpc) is 2.53. The summed E-state index contributed by atoms with van der Waals surface area (Å²) in [6, 6.07) is 0. The number of unbranched alkanes of at least 4 members (excludes halogenated alkanes) is 15. The fourth-order valence-electron chi connectivity index (χ4n) is 3.37. The predicted molar refractivity (Wildman–Crippen MR) is 109 cm³/mol. The van der Waals surface area contributed by atoms with Crippen molar-refractivity contribution >= 4 is 11.1 Å². The second-order valence-electron chi connectivity index (χ2n) is 7.69. The maximum atomic E-state index is 10.7. The van der Waals surface area contributed by atoms with Gasteiger partial charge in [0.2, 0.25) is 0 Å². The van der Waals surface area contributed by atoms with E-state index in [0.29, 0.717) is 11.7 Å². The van der Waals surface area contributed by atoms with Crippen molar-refractivity contribution in [1.82, 2.24) is 0 Å². The first-order chi connectivity index (χ1) is 11.7. The van der Waals surface area contributed by atoms with Crippen molar-refractivity contribution in [1.29, 1.82) is 0 Å². The van der Waals surface area contributed by atoms with E-state index < -0.39 is 11.1 Å². The minimum atomic E-state index is -1.61. The Kier molecular flexibility index (Phi) is 19.5. The summed E-state index contributed by atoms with van der Waals surface area (Å²) in [5.74, 6) is 0.834. The van der Waals surface area contributed by atoms with Crippen LogP contribution in [0.1, 0.15) is 123 Å². The molecule has 3 heteroatoms. The Labute approximate surface area is 154 Å². The standard InChI is InChI=1S/C21H44O2S/c1-3-4-5-6-7-8-9-10-11-12-13-14-15-16-17-18-19-21(2)20-24(22)23/h21H,3-20H2,1-2H3,(H,22,23). The van der Waals surface area contributed by atoms with Gasteiger partial charge in [-0.15, -0.1) is 0 Å². The highest BCUT2D eigenvalue weighted by molar-refractivity contribution is 7.79. The van der Waals surface area contributed by atoms with Crippen molar-refractivity contribution < 1.29 is 8.76 Å². The van der Waals surface area contributed by atoms with Gasteiger partial charge in [-0.05, 0) is 12.3 Å². The zero-order chi connectivity index (χ0) is 17.9. The van der Waals surface area contributed by atoms with Crippen LogP contribution in [0, 0.1) is 5.92 Å². The first-order valence-corrected chi connectivity index (χ1v) is 12.0. The lowest BCUT2D eigenvalue weighted by molar-refractivity contribution is 0.491. The Hall–Kier alpha value is 0.110. The molecule has 0 aromatic heterocycles. The third kappa shape index (κ3) is 20.2. The Morgan fingerprint density at radius 1 is 0.667 bits per heavy atom. The maximum Gasteiger partial charge on any atom is 0.153 e. The van der Waals surface area contributed by atoms with Crippen LogP contribution in [-0.2, 0) is 11.1 Å². The number of hydrogen-bond acceptors (Lipinski definition) is 1. The summed E-state index contributed by atoms with van der Waals surface area (Å²) in [5, 5.41) is 0. The van der Waals surface area contributed by atoms with Gasteiger partial charge in [0.1, 0.15) is 0 Å². The Bertz CT molecular complexity index is 269. The topological polar surface area (TPSA) is 37.3 Å². The largest absolute Gasteiger partial charge is 0.306 e. The van der Waals surface area contributed by atoms with Crippen molar-refractivity contribution in [2.75, 3.05) is 5.75 Å². The third-order valence-corrected chi connectivity index (χ3v) is 5.83. The summed E-state index contributed by atoms with van der Waals surface area (Å²) in [4.78, 5) is 0. The molecule has 1 N–H and O–H groups in total. The third-order valence-electron chi connectivity index (χ3n) is 4.98. The summed E-state index contributed by atoms with van der Waals surface area (Å²) in [5.41, 5.74) is 0. The molecule has 0 fully saturated rings. The molecule has 0 aliphatic rings. The highest BCUT2D eigenvalue weighted by atomic mass is 32.2. The van der Waals surface area contributed by atoms with Crippen LogP contribution in [0.15, 0.2) is 0 Å². The minimum absolute atomic E-state index is 0.391. The van der Waals surface area contributed by atoms with Crippen molar-refractivity contribution in [3.05, 3.63) is 0 Å². The van der Waals surface area contributed by atoms with Crippen LogP contribution >= 0.6 is 0 Å². The van der Waals surface area contributed by atoms with Gasteiger partial charge in [-0.3, -0.25) is 0 Å². The van der Waals surface area contributed by atoms with E-state index in [2.05, 4.69) is 13.8 Å². The van der Waals surface area contributed by atoms with E-state index in [4.69, 9.17) is 4.55 Å². The lowest BCUT2D eigenvalue weighted by Gasteiger charge is -2.08. The van der Waals surface area contributed by atoms with Crippen molar-refractivity contribution in [2.45, 2.75) is 123 Å². The second kappa shape index (κ2) is 19.4. The van der Waals surface area contributed by atoms with E-state index in [9.17, 15) is 4.21 Å². The molecule has 0 aromatic rings. The lowest BCUT2D eigenvalue weighted by Crippen LogP contribution is -2.06. The fourth-order valence-corrected chi connectivity index (χ4v) is 4.02. The summed E-state index contributed by atoms with van der Waals surface area (Å²) in [6.45, 7) is 4.36. The van der Waals surface area contributed by atoms with Crippen LogP contribution in [0.2, 0.25) is 0 Å². The lowest BCUT2D eigenvalue weighted by atomic mass is 10.0. The molecular formula is C21H44O2S. The molecule has 0 heterocycles. The highest BCUT2D eigenvalue weighted by Crippen LogP contribution is 2.15. The molecule has 0 saturated heterocycles. The van der Waals surface area contributed by atoms with Crippen LogP contribution in [0.5, 0.6) is 0 Å². The summed E-state index contributed by atoms with van der Waals surface area (Å²) >= 11 is -1.61. The normalized spacial score (nSPS) is 14.0. The van der Waals surface area contributed by atoms with Gasteiger partial charge in [-0.25, -0.2) is 4.21 Å². The Morgan fingerprint density at radius 2 is 1.00 bits per heavy atom. The molecule has 0 aliphatic carbocycles. The summed E-state index contributed by atoms with van der Waals surface area (Å²) in [7, 11) is 0. The quantitative estimate of drug-likeness (QED) is 0.191. The molecule has 2 atom stereocenters. The molecule has 146 valence electrons. The first-order valence-electron chi connectivity index (χ1n) is 10.7. The van der Waals surface area contributed by atoms with Crippen LogP contribution in [-0.4, -0.2) is 14.5 Å². The molecule has 2 nitrogen and oxygen atoms in total. The zero-order valence-corrected chi connectivity index (χ0v) is 17.4. The predicted octanol–water partition coefficient (Wildman–Crippen LogP) is 7.50. The average molecular weight is 361 g/mol. The van der Waals surface area contributed by atoms with Gasteiger partial charge < -0.3 is 4.55 Å². The van der Waals surface area contributed by atoms with Crippen molar-refractivity contribution in [3.8, 4) is 0 Å². The van der Waals surface area contributed by atoms with Gasteiger partial charge >= 0.3 is 0 Å². The summed E-state index contributed by atoms with van der Waals surface area (Å²) in [6.07, 6.45) is 23.4. The molecule has 24 heavy (non-hydrogen) atoms. The van der Waals surface area contributed by atoms with E-state index in [-0.39, 0.29) is 0 Å². The molecule has 0 radical (unpaired) electrons. The number of rotatable bonds is 19. The smallest absolute Gasteiger partial charge is 0.153 e. The molecule has 0 aliphatic heterocycles. The monoisotopic (exact) mass is 360 g/mol. The van der Waals surface area contributed by atoms with Gasteiger partial charge in [0, 0.05) is 0 Å². The van der Waals surface area contributed by atoms with Crippen molar-refractivity contribution in [3.63, 3.8) is 0 Å². The zero-order valence-electron chi connectivity index (χ0n) is 16.6. The molecule has 0 spiro atoms. The van der Waals surface area contributed by atoms with E-state index in [1.54, 1.807) is 0 Å². The van der Waals surface area contributed by atoms with Crippen LogP contribution < -0.4 is 0 Å². The molecule has 0 saturated carbocycles. The molecule has 0 rings (SSSR count). The maximum absolute atomic E-state index is 10.7. The van der Waals surface area contributed by atoms with E-state index >= 15 is 0 Å². The Morgan fingerprint density at radius 3 is 1.33 bits per heavy atom. The van der Waals surface area contributed by atoms with Crippen LogP contribution in [0.25, 0.3) is 0 Å². The second-order valence-corrected chi connectivity index (χ2v) is 8.66. The van der Waals surface area contributed by atoms with E-state index in [0.717, 1.165) is 6.42 Å². The fraction of sp³-hybridized carbons (Fsp3) is 1.00. The van der Waals surface area contributed by atoms with Gasteiger partial charge in [0.25, 0.3) is 0 Å².